The van der Waals surface area contributed by atoms with Gasteiger partial charge in [-0.3, -0.25) is 4.79 Å². The van der Waals surface area contributed by atoms with E-state index in [0.717, 1.165) is 20.8 Å². The zero-order valence-electron chi connectivity index (χ0n) is 13.6. The van der Waals surface area contributed by atoms with E-state index in [1.54, 1.807) is 24.3 Å². The van der Waals surface area contributed by atoms with Crippen molar-refractivity contribution in [2.45, 2.75) is 6.92 Å². The van der Waals surface area contributed by atoms with Crippen LogP contribution in [0.25, 0.3) is 10.8 Å². The van der Waals surface area contributed by atoms with E-state index in [0.29, 0.717) is 11.3 Å². The normalized spacial score (nSPS) is 10.5. The Morgan fingerprint density at radius 3 is 2.52 bits per heavy atom. The van der Waals surface area contributed by atoms with E-state index in [9.17, 15) is 9.59 Å². The molecule has 3 aromatic rings. The van der Waals surface area contributed by atoms with Crippen LogP contribution in [0.5, 0.6) is 0 Å². The number of fused-ring (bicyclic) bond motifs is 1. The molecule has 1 N–H and O–H groups in total. The number of aryl methyl sites for hydroxylation is 1. The van der Waals surface area contributed by atoms with Crippen molar-refractivity contribution in [3.05, 3.63) is 76.3 Å². The first kappa shape index (κ1) is 17.2. The summed E-state index contributed by atoms with van der Waals surface area (Å²) in [5, 5.41) is 4.69. The van der Waals surface area contributed by atoms with Crippen LogP contribution < -0.4 is 5.32 Å². The molecule has 4 nitrogen and oxygen atoms in total. The topological polar surface area (TPSA) is 55.4 Å². The van der Waals surface area contributed by atoms with E-state index < -0.39 is 5.97 Å². The number of carbonyl (C=O) groups excluding carboxylic acids is 2. The zero-order chi connectivity index (χ0) is 17.8. The van der Waals surface area contributed by atoms with E-state index >= 15 is 0 Å². The van der Waals surface area contributed by atoms with Gasteiger partial charge in [0.05, 0.1) is 5.56 Å². The summed E-state index contributed by atoms with van der Waals surface area (Å²) in [7, 11) is 0. The summed E-state index contributed by atoms with van der Waals surface area (Å²) in [6.07, 6.45) is 0. The lowest BCUT2D eigenvalue weighted by Gasteiger charge is -2.08. The molecule has 0 fully saturated rings. The molecule has 5 heteroatoms. The van der Waals surface area contributed by atoms with Crippen LogP contribution >= 0.6 is 15.9 Å². The number of hydrogen-bond acceptors (Lipinski definition) is 3. The van der Waals surface area contributed by atoms with E-state index in [-0.39, 0.29) is 12.5 Å². The summed E-state index contributed by atoms with van der Waals surface area (Å²) in [6, 6.07) is 18.5. The minimum Gasteiger partial charge on any atom is -0.452 e. The van der Waals surface area contributed by atoms with Gasteiger partial charge in [0.1, 0.15) is 0 Å². The molecule has 0 radical (unpaired) electrons. The van der Waals surface area contributed by atoms with E-state index in [1.807, 2.05) is 43.3 Å². The Morgan fingerprint density at radius 1 is 1.00 bits per heavy atom. The Hall–Kier alpha value is -2.66. The Labute approximate surface area is 153 Å². The van der Waals surface area contributed by atoms with Crippen LogP contribution in [0, 0.1) is 6.92 Å². The maximum atomic E-state index is 12.1. The highest BCUT2D eigenvalue weighted by Crippen LogP contribution is 2.20. The Balaban J connectivity index is 1.60. The molecule has 0 bridgehead atoms. The van der Waals surface area contributed by atoms with Crippen LogP contribution in [0.15, 0.2) is 65.1 Å². The maximum absolute atomic E-state index is 12.1. The summed E-state index contributed by atoms with van der Waals surface area (Å²) < 4.78 is 6.00. The van der Waals surface area contributed by atoms with Crippen LogP contribution in [0.3, 0.4) is 0 Å². The van der Waals surface area contributed by atoms with Crippen molar-refractivity contribution in [2.24, 2.45) is 0 Å². The predicted molar refractivity (Wildman–Crippen MR) is 102 cm³/mol. The zero-order valence-corrected chi connectivity index (χ0v) is 15.2. The molecule has 0 heterocycles. The molecule has 0 aromatic heterocycles. The van der Waals surface area contributed by atoms with Gasteiger partial charge in [0.25, 0.3) is 5.91 Å². The van der Waals surface area contributed by atoms with Crippen molar-refractivity contribution in [1.82, 2.24) is 0 Å². The van der Waals surface area contributed by atoms with E-state index in [4.69, 9.17) is 4.74 Å². The molecular formula is C20H16BrNO3. The number of anilines is 1. The second kappa shape index (κ2) is 7.49. The molecule has 0 spiro atoms. The number of esters is 1. The molecule has 0 saturated heterocycles. The maximum Gasteiger partial charge on any atom is 0.338 e. The molecule has 0 aliphatic heterocycles. The molecule has 3 aromatic carbocycles. The van der Waals surface area contributed by atoms with Crippen molar-refractivity contribution in [3.63, 3.8) is 0 Å². The fourth-order valence-corrected chi connectivity index (χ4v) is 2.78. The summed E-state index contributed by atoms with van der Waals surface area (Å²) in [5.74, 6) is -0.907. The quantitative estimate of drug-likeness (QED) is 0.648. The SMILES string of the molecule is Cc1ccc(NC(=O)COC(=O)c2ccc3ccccc3c2)cc1Br. The lowest BCUT2D eigenvalue weighted by atomic mass is 10.1. The van der Waals surface area contributed by atoms with Crippen LogP contribution in [0.1, 0.15) is 15.9 Å². The third-order valence-electron chi connectivity index (χ3n) is 3.78. The number of nitrogens with one attached hydrogen (secondary N) is 1. The number of benzene rings is 3. The number of amides is 1. The van der Waals surface area contributed by atoms with Gasteiger partial charge >= 0.3 is 5.97 Å². The van der Waals surface area contributed by atoms with Gasteiger partial charge in [-0.2, -0.15) is 0 Å². The monoisotopic (exact) mass is 397 g/mol. The van der Waals surface area contributed by atoms with E-state index in [1.165, 1.54) is 0 Å². The highest BCUT2D eigenvalue weighted by molar-refractivity contribution is 9.10. The van der Waals surface area contributed by atoms with Gasteiger partial charge in [-0.1, -0.05) is 52.3 Å². The fourth-order valence-electron chi connectivity index (χ4n) is 2.40. The smallest absolute Gasteiger partial charge is 0.338 e. The van der Waals surface area contributed by atoms with Crippen molar-refractivity contribution in [1.29, 1.82) is 0 Å². The van der Waals surface area contributed by atoms with Gasteiger partial charge in [-0.15, -0.1) is 0 Å². The van der Waals surface area contributed by atoms with Crippen LogP contribution in [-0.4, -0.2) is 18.5 Å². The number of hydrogen-bond donors (Lipinski definition) is 1. The highest BCUT2D eigenvalue weighted by Gasteiger charge is 2.11. The molecule has 0 atom stereocenters. The number of rotatable bonds is 4. The third-order valence-corrected chi connectivity index (χ3v) is 4.63. The lowest BCUT2D eigenvalue weighted by Crippen LogP contribution is -2.20. The van der Waals surface area contributed by atoms with E-state index in [2.05, 4.69) is 21.2 Å². The fraction of sp³-hybridized carbons (Fsp3) is 0.100. The largest absolute Gasteiger partial charge is 0.452 e. The van der Waals surface area contributed by atoms with Gasteiger partial charge < -0.3 is 10.1 Å². The molecule has 25 heavy (non-hydrogen) atoms. The second-order valence-corrected chi connectivity index (χ2v) is 6.50. The third kappa shape index (κ3) is 4.25. The van der Waals surface area contributed by atoms with Gasteiger partial charge in [-0.05, 0) is 47.5 Å². The van der Waals surface area contributed by atoms with Crippen molar-refractivity contribution >= 4 is 44.3 Å². The number of ether oxygens (including phenoxy) is 1. The molecule has 1 amide bonds. The summed E-state index contributed by atoms with van der Waals surface area (Å²) in [4.78, 5) is 24.1. The van der Waals surface area contributed by atoms with Crippen LogP contribution in [-0.2, 0) is 9.53 Å². The van der Waals surface area contributed by atoms with Crippen LogP contribution in [0.4, 0.5) is 5.69 Å². The minimum absolute atomic E-state index is 0.336. The van der Waals surface area contributed by atoms with Gasteiger partial charge in [-0.25, -0.2) is 4.79 Å². The molecule has 0 unspecified atom stereocenters. The minimum atomic E-state index is -0.522. The molecular weight excluding hydrogens is 382 g/mol. The second-order valence-electron chi connectivity index (χ2n) is 5.65. The van der Waals surface area contributed by atoms with Crippen molar-refractivity contribution in [2.75, 3.05) is 11.9 Å². The summed E-state index contributed by atoms with van der Waals surface area (Å²) in [5.41, 5.74) is 2.13. The Morgan fingerprint density at radius 2 is 1.76 bits per heavy atom. The lowest BCUT2D eigenvalue weighted by molar-refractivity contribution is -0.119. The Kier molecular flexibility index (Phi) is 5.14. The molecule has 0 saturated carbocycles. The van der Waals surface area contributed by atoms with Crippen LogP contribution in [0.2, 0.25) is 0 Å². The first-order valence-corrected chi connectivity index (χ1v) is 8.54. The molecule has 0 aliphatic carbocycles. The molecule has 3 rings (SSSR count). The van der Waals surface area contributed by atoms with Crippen molar-refractivity contribution in [3.8, 4) is 0 Å². The van der Waals surface area contributed by atoms with Gasteiger partial charge in [0.15, 0.2) is 6.61 Å². The van der Waals surface area contributed by atoms with Gasteiger partial charge in [0, 0.05) is 10.2 Å². The first-order chi connectivity index (χ1) is 12.0. The average molecular weight is 398 g/mol. The summed E-state index contributed by atoms with van der Waals surface area (Å²) in [6.45, 7) is 1.62. The highest BCUT2D eigenvalue weighted by atomic mass is 79.9. The first-order valence-electron chi connectivity index (χ1n) is 7.75. The number of halogens is 1. The van der Waals surface area contributed by atoms with Gasteiger partial charge in [0.2, 0.25) is 0 Å². The number of carbonyl (C=O) groups is 2. The standard InChI is InChI=1S/C20H16BrNO3/c1-13-6-9-17(11-18(13)21)22-19(23)12-25-20(24)16-8-7-14-4-2-3-5-15(14)10-16/h2-11H,12H2,1H3,(H,22,23). The Bertz CT molecular complexity index is 953. The summed E-state index contributed by atoms with van der Waals surface area (Å²) >= 11 is 3.41. The predicted octanol–water partition coefficient (Wildman–Crippen LogP) is 4.71. The molecule has 0 aliphatic rings. The van der Waals surface area contributed by atoms with Crippen molar-refractivity contribution < 1.29 is 14.3 Å². The average Bonchev–Trinajstić information content (AvgIpc) is 2.62. The molecule has 126 valence electrons.